The van der Waals surface area contributed by atoms with Gasteiger partial charge in [0.25, 0.3) is 0 Å². The molecule has 1 aliphatic rings. The van der Waals surface area contributed by atoms with Crippen molar-refractivity contribution >= 4 is 15.8 Å². The lowest BCUT2D eigenvalue weighted by atomic mass is 9.93. The highest BCUT2D eigenvalue weighted by Gasteiger charge is 2.20. The highest BCUT2D eigenvalue weighted by molar-refractivity contribution is 7.91. The first-order chi connectivity index (χ1) is 11.5. The Morgan fingerprint density at radius 3 is 2.50 bits per heavy atom. The van der Waals surface area contributed by atoms with Gasteiger partial charge in [-0.25, -0.2) is 8.42 Å². The molecule has 1 fully saturated rings. The summed E-state index contributed by atoms with van der Waals surface area (Å²) in [5.74, 6) is 0.624. The molecule has 0 saturated heterocycles. The van der Waals surface area contributed by atoms with Crippen molar-refractivity contribution in [2.24, 2.45) is 4.99 Å². The summed E-state index contributed by atoms with van der Waals surface area (Å²) in [4.78, 5) is 4.72. The minimum atomic E-state index is -3.31. The van der Waals surface area contributed by atoms with Crippen LogP contribution in [0.25, 0.3) is 0 Å². The number of rotatable bonds is 6. The zero-order chi connectivity index (χ0) is 17.4. The molecular formula is C17H27N3O3S. The molecule has 1 aromatic carbocycles. The summed E-state index contributed by atoms with van der Waals surface area (Å²) < 4.78 is 24.5. The van der Waals surface area contributed by atoms with E-state index in [1.165, 1.54) is 0 Å². The van der Waals surface area contributed by atoms with Crippen molar-refractivity contribution in [1.82, 2.24) is 10.6 Å². The third-order valence-corrected chi connectivity index (χ3v) is 5.82. The number of sulfone groups is 1. The molecule has 1 saturated carbocycles. The number of hydrogen-bond donors (Lipinski definition) is 3. The second-order valence-corrected chi connectivity index (χ2v) is 8.15. The average Bonchev–Trinajstić information content (AvgIpc) is 2.58. The fourth-order valence-corrected chi connectivity index (χ4v) is 3.90. The SMILES string of the molecule is CCNC(=NCCS(=O)(=O)c1ccccc1)NC1CCC(O)CC1. The van der Waals surface area contributed by atoms with Gasteiger partial charge < -0.3 is 15.7 Å². The fourth-order valence-electron chi connectivity index (χ4n) is 2.76. The van der Waals surface area contributed by atoms with Crippen LogP contribution < -0.4 is 10.6 Å². The van der Waals surface area contributed by atoms with Crippen LogP contribution in [0.5, 0.6) is 0 Å². The van der Waals surface area contributed by atoms with Gasteiger partial charge in [-0.2, -0.15) is 0 Å². The van der Waals surface area contributed by atoms with Gasteiger partial charge >= 0.3 is 0 Å². The molecule has 0 amide bonds. The van der Waals surface area contributed by atoms with Gasteiger partial charge in [0.2, 0.25) is 0 Å². The maximum Gasteiger partial charge on any atom is 0.191 e. The Hall–Kier alpha value is -1.60. The van der Waals surface area contributed by atoms with Crippen LogP contribution in [0.15, 0.2) is 40.2 Å². The summed E-state index contributed by atoms with van der Waals surface area (Å²) in [5, 5.41) is 16.0. The van der Waals surface area contributed by atoms with E-state index in [2.05, 4.69) is 15.6 Å². The van der Waals surface area contributed by atoms with Crippen LogP contribution in [0.3, 0.4) is 0 Å². The van der Waals surface area contributed by atoms with Crippen LogP contribution in [0.2, 0.25) is 0 Å². The number of nitrogens with one attached hydrogen (secondary N) is 2. The van der Waals surface area contributed by atoms with Crippen LogP contribution in [-0.4, -0.2) is 50.5 Å². The number of benzene rings is 1. The third-order valence-electron chi connectivity index (χ3n) is 4.11. The smallest absolute Gasteiger partial charge is 0.191 e. The van der Waals surface area contributed by atoms with E-state index in [9.17, 15) is 13.5 Å². The summed E-state index contributed by atoms with van der Waals surface area (Å²) in [7, 11) is -3.31. The normalized spacial score (nSPS) is 22.2. The van der Waals surface area contributed by atoms with E-state index in [4.69, 9.17) is 0 Å². The van der Waals surface area contributed by atoms with Crippen LogP contribution in [-0.2, 0) is 9.84 Å². The first kappa shape index (κ1) is 18.7. The Morgan fingerprint density at radius 1 is 1.21 bits per heavy atom. The maximum absolute atomic E-state index is 12.3. The molecule has 24 heavy (non-hydrogen) atoms. The Kier molecular flexibility index (Phi) is 7.05. The molecule has 3 N–H and O–H groups in total. The molecule has 1 aliphatic carbocycles. The average molecular weight is 353 g/mol. The van der Waals surface area contributed by atoms with E-state index in [0.717, 1.165) is 25.7 Å². The number of aliphatic hydroxyl groups excluding tert-OH is 1. The van der Waals surface area contributed by atoms with Crippen LogP contribution in [0.1, 0.15) is 32.6 Å². The van der Waals surface area contributed by atoms with E-state index in [-0.39, 0.29) is 24.4 Å². The first-order valence-electron chi connectivity index (χ1n) is 8.52. The quantitative estimate of drug-likeness (QED) is 0.530. The summed E-state index contributed by atoms with van der Waals surface area (Å²) in [6.07, 6.45) is 3.18. The van der Waals surface area contributed by atoms with E-state index < -0.39 is 9.84 Å². The Balaban J connectivity index is 1.91. The number of aliphatic imine (C=N–C) groups is 1. The fraction of sp³-hybridized carbons (Fsp3) is 0.588. The summed E-state index contributed by atoms with van der Waals surface area (Å²) in [6, 6.07) is 8.73. The highest BCUT2D eigenvalue weighted by Crippen LogP contribution is 2.18. The molecule has 134 valence electrons. The molecule has 6 nitrogen and oxygen atoms in total. The van der Waals surface area contributed by atoms with Gasteiger partial charge in [-0.15, -0.1) is 0 Å². The molecule has 0 atom stereocenters. The lowest BCUT2D eigenvalue weighted by molar-refractivity contribution is 0.120. The summed E-state index contributed by atoms with van der Waals surface area (Å²) in [6.45, 7) is 2.90. The molecule has 2 rings (SSSR count). The molecular weight excluding hydrogens is 326 g/mol. The third kappa shape index (κ3) is 5.79. The second-order valence-electron chi connectivity index (χ2n) is 6.04. The zero-order valence-electron chi connectivity index (χ0n) is 14.1. The molecule has 0 unspecified atom stereocenters. The number of hydrogen-bond acceptors (Lipinski definition) is 4. The van der Waals surface area contributed by atoms with Crippen LogP contribution in [0.4, 0.5) is 0 Å². The Labute approximate surface area is 144 Å². The number of aliphatic hydroxyl groups is 1. The standard InChI is InChI=1S/C17H27N3O3S/c1-2-18-17(20-14-8-10-15(21)11-9-14)19-12-13-24(22,23)16-6-4-3-5-7-16/h3-7,14-15,21H,2,8-13H2,1H3,(H2,18,19,20). The van der Waals surface area contributed by atoms with Gasteiger partial charge in [0.15, 0.2) is 15.8 Å². The monoisotopic (exact) mass is 353 g/mol. The first-order valence-corrected chi connectivity index (χ1v) is 10.2. The topological polar surface area (TPSA) is 90.8 Å². The van der Waals surface area contributed by atoms with Gasteiger partial charge in [0, 0.05) is 12.6 Å². The Bertz CT molecular complexity index is 624. The summed E-state index contributed by atoms with van der Waals surface area (Å²) in [5.41, 5.74) is 0. The van der Waals surface area contributed by atoms with Gasteiger partial charge in [-0.05, 0) is 44.7 Å². The van der Waals surface area contributed by atoms with Crippen molar-refractivity contribution in [2.75, 3.05) is 18.8 Å². The van der Waals surface area contributed by atoms with Gasteiger partial charge in [-0.3, -0.25) is 4.99 Å². The molecule has 0 aliphatic heterocycles. The molecule has 0 aromatic heterocycles. The van der Waals surface area contributed by atoms with Gasteiger partial charge in [-0.1, -0.05) is 18.2 Å². The van der Waals surface area contributed by atoms with Crippen molar-refractivity contribution in [3.05, 3.63) is 30.3 Å². The molecule has 0 bridgehead atoms. The van der Waals surface area contributed by atoms with E-state index >= 15 is 0 Å². The minimum Gasteiger partial charge on any atom is -0.393 e. The highest BCUT2D eigenvalue weighted by atomic mass is 32.2. The summed E-state index contributed by atoms with van der Waals surface area (Å²) >= 11 is 0. The van der Waals surface area contributed by atoms with Crippen molar-refractivity contribution in [3.8, 4) is 0 Å². The van der Waals surface area contributed by atoms with E-state index in [1.54, 1.807) is 30.3 Å². The van der Waals surface area contributed by atoms with Crippen molar-refractivity contribution in [2.45, 2.75) is 49.6 Å². The molecule has 0 heterocycles. The predicted octanol–water partition coefficient (Wildman–Crippen LogP) is 1.32. The van der Waals surface area contributed by atoms with Crippen molar-refractivity contribution in [1.29, 1.82) is 0 Å². The Morgan fingerprint density at radius 2 is 1.88 bits per heavy atom. The second kappa shape index (κ2) is 9.03. The minimum absolute atomic E-state index is 0.0169. The lowest BCUT2D eigenvalue weighted by Gasteiger charge is -2.27. The van der Waals surface area contributed by atoms with Crippen molar-refractivity contribution in [3.63, 3.8) is 0 Å². The zero-order valence-corrected chi connectivity index (χ0v) is 14.9. The van der Waals surface area contributed by atoms with E-state index in [0.29, 0.717) is 17.4 Å². The largest absolute Gasteiger partial charge is 0.393 e. The molecule has 0 radical (unpaired) electrons. The predicted molar refractivity (Wildman–Crippen MR) is 95.9 cm³/mol. The maximum atomic E-state index is 12.3. The number of guanidine groups is 1. The van der Waals surface area contributed by atoms with Crippen LogP contribution in [0, 0.1) is 0 Å². The molecule has 7 heteroatoms. The van der Waals surface area contributed by atoms with Gasteiger partial charge in [0.05, 0.1) is 23.3 Å². The molecule has 0 spiro atoms. The lowest BCUT2D eigenvalue weighted by Crippen LogP contribution is -2.45. The van der Waals surface area contributed by atoms with Gasteiger partial charge in [0.1, 0.15) is 0 Å². The van der Waals surface area contributed by atoms with E-state index in [1.807, 2.05) is 6.92 Å². The number of nitrogens with zero attached hydrogens (tertiary/aromatic N) is 1. The molecule has 1 aromatic rings. The van der Waals surface area contributed by atoms with Crippen LogP contribution >= 0.6 is 0 Å². The van der Waals surface area contributed by atoms with Crippen molar-refractivity contribution < 1.29 is 13.5 Å².